The van der Waals surface area contributed by atoms with Crippen molar-refractivity contribution in [3.05, 3.63) is 0 Å². The highest BCUT2D eigenvalue weighted by Gasteiger charge is 2.48. The third kappa shape index (κ3) is 2.96. The van der Waals surface area contributed by atoms with Crippen molar-refractivity contribution in [2.24, 2.45) is 5.41 Å². The average Bonchev–Trinajstić information content (AvgIpc) is 2.54. The van der Waals surface area contributed by atoms with E-state index < -0.39 is 0 Å². The molecule has 1 amide bonds. The summed E-state index contributed by atoms with van der Waals surface area (Å²) in [5.41, 5.74) is 0.488. The van der Waals surface area contributed by atoms with Gasteiger partial charge in [-0.25, -0.2) is 0 Å². The Morgan fingerprint density at radius 2 is 1.47 bits per heavy atom. The van der Waals surface area contributed by atoms with E-state index in [1.165, 1.54) is 12.8 Å². The number of hydrogen-bond donors (Lipinski definition) is 0. The van der Waals surface area contributed by atoms with Crippen LogP contribution in [-0.2, 0) is 4.79 Å². The van der Waals surface area contributed by atoms with Crippen molar-refractivity contribution in [1.29, 1.82) is 0 Å². The first kappa shape index (κ1) is 14.8. The summed E-state index contributed by atoms with van der Waals surface area (Å²) in [6.45, 7) is 16.5. The van der Waals surface area contributed by atoms with Gasteiger partial charge in [-0.3, -0.25) is 9.69 Å². The van der Waals surface area contributed by atoms with E-state index in [4.69, 9.17) is 0 Å². The molecule has 2 aliphatic rings. The average molecular weight is 266 g/mol. The minimum absolute atomic E-state index is 0.0260. The van der Waals surface area contributed by atoms with Gasteiger partial charge in [0.2, 0.25) is 5.91 Å². The van der Waals surface area contributed by atoms with Crippen molar-refractivity contribution in [3.63, 3.8) is 0 Å². The zero-order chi connectivity index (χ0) is 14.5. The van der Waals surface area contributed by atoms with Crippen LogP contribution in [0.1, 0.15) is 60.8 Å². The lowest BCUT2D eigenvalue weighted by Crippen LogP contribution is -2.50. The number of carbonyl (C=O) groups is 1. The molecule has 0 aromatic carbocycles. The third-order valence-corrected chi connectivity index (χ3v) is 4.90. The topological polar surface area (TPSA) is 23.6 Å². The van der Waals surface area contributed by atoms with Gasteiger partial charge in [-0.1, -0.05) is 0 Å². The summed E-state index contributed by atoms with van der Waals surface area (Å²) in [7, 11) is 0. The van der Waals surface area contributed by atoms with E-state index in [0.717, 1.165) is 26.1 Å². The zero-order valence-corrected chi connectivity index (χ0v) is 13.5. The minimum Gasteiger partial charge on any atom is -0.337 e. The fourth-order valence-corrected chi connectivity index (χ4v) is 3.49. The van der Waals surface area contributed by atoms with Crippen LogP contribution in [0.4, 0.5) is 0 Å². The molecule has 2 saturated heterocycles. The molecule has 2 heterocycles. The first-order valence-electron chi connectivity index (χ1n) is 7.59. The summed E-state index contributed by atoms with van der Waals surface area (Å²) in [4.78, 5) is 16.9. The lowest BCUT2D eigenvalue weighted by Gasteiger charge is -2.45. The van der Waals surface area contributed by atoms with E-state index >= 15 is 0 Å². The van der Waals surface area contributed by atoms with Crippen molar-refractivity contribution in [1.82, 2.24) is 9.80 Å². The Labute approximate surface area is 118 Å². The van der Waals surface area contributed by atoms with Gasteiger partial charge < -0.3 is 4.90 Å². The SMILES string of the molecule is CC(C)(C)N1CCC2(CC1)CC(=O)N(C(C)(C)C)C2. The Morgan fingerprint density at radius 3 is 1.84 bits per heavy atom. The molecule has 0 saturated carbocycles. The molecule has 1 spiro atoms. The van der Waals surface area contributed by atoms with Gasteiger partial charge >= 0.3 is 0 Å². The Hall–Kier alpha value is -0.570. The van der Waals surface area contributed by atoms with Gasteiger partial charge in [0.05, 0.1) is 0 Å². The molecule has 2 aliphatic heterocycles. The van der Waals surface area contributed by atoms with Gasteiger partial charge in [-0.15, -0.1) is 0 Å². The van der Waals surface area contributed by atoms with Crippen molar-refractivity contribution in [2.75, 3.05) is 19.6 Å². The number of hydrogen-bond acceptors (Lipinski definition) is 2. The number of carbonyl (C=O) groups excluding carboxylic acids is 1. The molecule has 2 rings (SSSR count). The second kappa shape index (κ2) is 4.47. The van der Waals surface area contributed by atoms with Crippen LogP contribution >= 0.6 is 0 Å². The predicted octanol–water partition coefficient (Wildman–Crippen LogP) is 2.90. The van der Waals surface area contributed by atoms with Crippen LogP contribution in [0.15, 0.2) is 0 Å². The molecule has 2 fully saturated rings. The molecular weight excluding hydrogens is 236 g/mol. The summed E-state index contributed by atoms with van der Waals surface area (Å²) in [5.74, 6) is 0.358. The fraction of sp³-hybridized carbons (Fsp3) is 0.938. The Morgan fingerprint density at radius 1 is 0.947 bits per heavy atom. The molecule has 0 atom stereocenters. The Kier molecular flexibility index (Phi) is 3.49. The number of amides is 1. The highest BCUT2D eigenvalue weighted by Crippen LogP contribution is 2.44. The molecule has 0 aromatic heterocycles. The number of piperidine rings is 1. The first-order valence-corrected chi connectivity index (χ1v) is 7.59. The summed E-state index contributed by atoms with van der Waals surface area (Å²) in [5, 5.41) is 0. The van der Waals surface area contributed by atoms with Gasteiger partial charge in [0.15, 0.2) is 0 Å². The quantitative estimate of drug-likeness (QED) is 0.673. The molecule has 0 unspecified atom stereocenters. The number of nitrogens with zero attached hydrogens (tertiary/aromatic N) is 2. The predicted molar refractivity (Wildman–Crippen MR) is 79.1 cm³/mol. The molecule has 0 radical (unpaired) electrons. The highest BCUT2D eigenvalue weighted by atomic mass is 16.2. The van der Waals surface area contributed by atoms with Crippen LogP contribution < -0.4 is 0 Å². The van der Waals surface area contributed by atoms with E-state index in [2.05, 4.69) is 51.3 Å². The standard InChI is InChI=1S/C16H30N2O/c1-14(2,3)17-9-7-16(8-10-17)11-13(19)18(12-16)15(4,5)6/h7-12H2,1-6H3. The summed E-state index contributed by atoms with van der Waals surface area (Å²) in [6.07, 6.45) is 3.10. The van der Waals surface area contributed by atoms with Crippen LogP contribution in [0.25, 0.3) is 0 Å². The maximum Gasteiger partial charge on any atom is 0.223 e. The van der Waals surface area contributed by atoms with Gasteiger partial charge in [0.25, 0.3) is 0 Å². The molecular formula is C16H30N2O. The van der Waals surface area contributed by atoms with Crippen LogP contribution in [0, 0.1) is 5.41 Å². The van der Waals surface area contributed by atoms with E-state index in [1.807, 2.05) is 0 Å². The van der Waals surface area contributed by atoms with Gasteiger partial charge in [-0.05, 0) is 72.9 Å². The molecule has 3 heteroatoms. The molecule has 19 heavy (non-hydrogen) atoms. The fourth-order valence-electron chi connectivity index (χ4n) is 3.49. The zero-order valence-electron chi connectivity index (χ0n) is 13.5. The number of rotatable bonds is 0. The summed E-state index contributed by atoms with van der Waals surface area (Å²) < 4.78 is 0. The van der Waals surface area contributed by atoms with Gasteiger partial charge in [0, 0.05) is 24.0 Å². The minimum atomic E-state index is -0.0260. The number of likely N-dealkylation sites (tertiary alicyclic amines) is 2. The molecule has 3 nitrogen and oxygen atoms in total. The molecule has 0 aliphatic carbocycles. The van der Waals surface area contributed by atoms with Crippen molar-refractivity contribution < 1.29 is 4.79 Å². The van der Waals surface area contributed by atoms with Crippen LogP contribution in [0.2, 0.25) is 0 Å². The van der Waals surface area contributed by atoms with Crippen molar-refractivity contribution in [2.45, 2.75) is 71.9 Å². The lowest BCUT2D eigenvalue weighted by molar-refractivity contribution is -0.131. The molecule has 110 valence electrons. The monoisotopic (exact) mass is 266 g/mol. The van der Waals surface area contributed by atoms with E-state index in [-0.39, 0.29) is 16.5 Å². The van der Waals surface area contributed by atoms with Crippen molar-refractivity contribution in [3.8, 4) is 0 Å². The third-order valence-electron chi connectivity index (χ3n) is 4.90. The van der Waals surface area contributed by atoms with E-state index in [0.29, 0.717) is 5.91 Å². The van der Waals surface area contributed by atoms with E-state index in [9.17, 15) is 4.79 Å². The summed E-state index contributed by atoms with van der Waals surface area (Å²) in [6, 6.07) is 0. The normalized spacial score (nSPS) is 25.4. The Bertz CT molecular complexity index is 354. The van der Waals surface area contributed by atoms with Crippen LogP contribution in [0.3, 0.4) is 0 Å². The molecule has 0 bridgehead atoms. The maximum absolute atomic E-state index is 12.3. The van der Waals surface area contributed by atoms with Gasteiger partial charge in [0.1, 0.15) is 0 Å². The summed E-state index contributed by atoms with van der Waals surface area (Å²) >= 11 is 0. The smallest absolute Gasteiger partial charge is 0.223 e. The van der Waals surface area contributed by atoms with Crippen LogP contribution in [-0.4, -0.2) is 46.4 Å². The second-order valence-corrected chi connectivity index (χ2v) is 8.49. The largest absolute Gasteiger partial charge is 0.337 e. The molecule has 0 N–H and O–H groups in total. The first-order chi connectivity index (χ1) is 8.54. The van der Waals surface area contributed by atoms with Crippen LogP contribution in [0.5, 0.6) is 0 Å². The lowest BCUT2D eigenvalue weighted by atomic mass is 9.76. The second-order valence-electron chi connectivity index (χ2n) is 8.49. The maximum atomic E-state index is 12.3. The molecule has 0 aromatic rings. The van der Waals surface area contributed by atoms with Gasteiger partial charge in [-0.2, -0.15) is 0 Å². The van der Waals surface area contributed by atoms with E-state index in [1.54, 1.807) is 0 Å². The van der Waals surface area contributed by atoms with Crippen molar-refractivity contribution >= 4 is 5.91 Å². The Balaban J connectivity index is 2.03. The highest BCUT2D eigenvalue weighted by molar-refractivity contribution is 5.80.